The first-order valence-corrected chi connectivity index (χ1v) is 17.1. The molecule has 9 heteroatoms. The molecular formula is C40H48N4O5. The normalized spacial score (nSPS) is 27.8. The first-order chi connectivity index (χ1) is 23.4. The second kappa shape index (κ2) is 13.2. The van der Waals surface area contributed by atoms with E-state index in [1.165, 1.54) is 7.11 Å². The molecule has 5 N–H and O–H groups in total. The number of aliphatic hydroxyl groups excluding tert-OH is 1. The van der Waals surface area contributed by atoms with E-state index in [-0.39, 0.29) is 41.9 Å². The molecule has 0 unspecified atom stereocenters. The zero-order valence-corrected chi connectivity index (χ0v) is 29.6. The highest BCUT2D eigenvalue weighted by atomic mass is 16.5. The van der Waals surface area contributed by atoms with Crippen LogP contribution in [0.15, 0.2) is 47.5 Å². The van der Waals surface area contributed by atoms with E-state index < -0.39 is 11.9 Å². The Morgan fingerprint density at radius 1 is 1.02 bits per heavy atom. The summed E-state index contributed by atoms with van der Waals surface area (Å²) in [6, 6.07) is -0.390. The molecule has 3 aliphatic heterocycles. The van der Waals surface area contributed by atoms with E-state index in [9.17, 15) is 14.7 Å². The minimum atomic E-state index is -0.990. The molecule has 5 atom stereocenters. The second-order valence-corrected chi connectivity index (χ2v) is 13.8. The number of nitrogens with one attached hydrogen (secondary N) is 4. The van der Waals surface area contributed by atoms with Crippen molar-refractivity contribution in [2.24, 2.45) is 23.7 Å². The molecule has 9 nitrogen and oxygen atoms in total. The van der Waals surface area contributed by atoms with Gasteiger partial charge in [0, 0.05) is 69.6 Å². The molecule has 2 saturated heterocycles. The van der Waals surface area contributed by atoms with Gasteiger partial charge in [0.25, 0.3) is 0 Å². The predicted molar refractivity (Wildman–Crippen MR) is 195 cm³/mol. The zero-order valence-electron chi connectivity index (χ0n) is 29.6. The van der Waals surface area contributed by atoms with Crippen LogP contribution in [0.3, 0.4) is 0 Å². The molecule has 2 aromatic heterocycles. The Balaban J connectivity index is 1.57. The monoisotopic (exact) mass is 664 g/mol. The molecule has 1 aliphatic carbocycles. The molecule has 0 radical (unpaired) electrons. The third-order valence-electron chi connectivity index (χ3n) is 10.8. The van der Waals surface area contributed by atoms with Crippen molar-refractivity contribution in [2.45, 2.75) is 66.8 Å². The van der Waals surface area contributed by atoms with Crippen molar-refractivity contribution in [3.63, 3.8) is 0 Å². The van der Waals surface area contributed by atoms with Crippen molar-refractivity contribution < 1.29 is 24.2 Å². The quantitative estimate of drug-likeness (QED) is 0.182. The highest BCUT2D eigenvalue weighted by molar-refractivity contribution is 5.96. The topological polar surface area (TPSA) is 128 Å². The number of carbonyl (C=O) groups excluding carboxylic acids is 2. The van der Waals surface area contributed by atoms with E-state index in [0.29, 0.717) is 35.6 Å². The number of rotatable bonds is 8. The van der Waals surface area contributed by atoms with Crippen LogP contribution in [0.1, 0.15) is 80.7 Å². The van der Waals surface area contributed by atoms with Crippen molar-refractivity contribution in [3.05, 3.63) is 91.8 Å². The maximum absolute atomic E-state index is 13.5. The van der Waals surface area contributed by atoms with Gasteiger partial charge in [-0.05, 0) is 80.5 Å². The van der Waals surface area contributed by atoms with E-state index in [1.807, 2.05) is 26.8 Å². The number of H-pyrrole nitrogens is 2. The fourth-order valence-corrected chi connectivity index (χ4v) is 8.01. The summed E-state index contributed by atoms with van der Waals surface area (Å²) in [6.07, 6.45) is 11.7. The lowest BCUT2D eigenvalue weighted by Crippen LogP contribution is -2.38. The summed E-state index contributed by atoms with van der Waals surface area (Å²) in [5.41, 5.74) is 11.5. The molecule has 2 fully saturated rings. The number of hydrogen-bond donors (Lipinski definition) is 5. The summed E-state index contributed by atoms with van der Waals surface area (Å²) in [5.74, 6) is -1.83. The van der Waals surface area contributed by atoms with Gasteiger partial charge >= 0.3 is 11.9 Å². The Hall–Kier alpha value is -4.92. The number of fused-ring (bicyclic) bond motifs is 8. The Morgan fingerprint density at radius 2 is 1.73 bits per heavy atom. The minimum absolute atomic E-state index is 0.0230. The molecular weight excluding hydrogens is 616 g/mol. The van der Waals surface area contributed by atoms with Crippen LogP contribution in [0.2, 0.25) is 0 Å². The van der Waals surface area contributed by atoms with Gasteiger partial charge in [-0.25, -0.2) is 0 Å². The summed E-state index contributed by atoms with van der Waals surface area (Å²) in [7, 11) is 1.34. The molecule has 6 rings (SSSR count). The first kappa shape index (κ1) is 34.0. The van der Waals surface area contributed by atoms with Gasteiger partial charge in [-0.2, -0.15) is 0 Å². The molecule has 258 valence electrons. The van der Waals surface area contributed by atoms with Crippen molar-refractivity contribution in [2.75, 3.05) is 13.7 Å². The lowest BCUT2D eigenvalue weighted by molar-refractivity contribution is -0.144. The minimum Gasteiger partial charge on any atom is -0.510 e. The standard InChI is InChI=1S/C40H48N4O5/c1-10-24-20(5)27-16-29-22(7)26(12-13-33(45)49-15-14-19(3)4)37(43-29)35-36(40(47)48-9)39(46)34-23(8)30(44-38(34)35)18-32-25(11-2)21(6)28(42-32)17-31(24)41-27/h10-11,16-18,21-22,26,36-37,41-44,46H,1,3,12-15H2,2,4-9H3/b25-11+,28-17-,29-16-,32-18-/t21-,22+,26+,36-,37+/m1/s1. The van der Waals surface area contributed by atoms with Crippen LogP contribution < -0.4 is 21.2 Å². The number of hydrogen-bond acceptors (Lipinski definition) is 7. The largest absolute Gasteiger partial charge is 0.510 e. The first-order valence-electron chi connectivity index (χ1n) is 17.1. The van der Waals surface area contributed by atoms with Gasteiger partial charge in [-0.3, -0.25) is 9.59 Å². The summed E-state index contributed by atoms with van der Waals surface area (Å²) >= 11 is 0. The van der Waals surface area contributed by atoms with Crippen LogP contribution in [0.4, 0.5) is 0 Å². The highest BCUT2D eigenvalue weighted by Gasteiger charge is 2.47. The highest BCUT2D eigenvalue weighted by Crippen LogP contribution is 2.43. The molecule has 5 heterocycles. The summed E-state index contributed by atoms with van der Waals surface area (Å²) in [5, 5.41) is 20.5. The zero-order chi connectivity index (χ0) is 35.3. The number of aromatic amines is 2. The molecule has 2 aromatic rings. The predicted octanol–water partition coefficient (Wildman–Crippen LogP) is 5.66. The van der Waals surface area contributed by atoms with Gasteiger partial charge < -0.3 is 35.2 Å². The molecule has 0 aromatic carbocycles. The SMILES string of the molecule is C=Cc1c2[nH]c(c1C)/C=C1\N[C@H](C3=c4[nH]c(c(C)c4=C(O)[C@@H]3C(=O)OC)/C=C3\N/C(=C\2)[C@H](C)\C3=C/C)[C@@H](CCC(=O)OCCC(=C)C)[C@@H]1C. The molecule has 49 heavy (non-hydrogen) atoms. The van der Waals surface area contributed by atoms with Crippen LogP contribution >= 0.6 is 0 Å². The third-order valence-corrected chi connectivity index (χ3v) is 10.8. The molecule has 8 bridgehead atoms. The number of carbonyl (C=O) groups is 2. The molecule has 0 saturated carbocycles. The maximum atomic E-state index is 13.5. The molecule has 0 amide bonds. The fourth-order valence-electron chi connectivity index (χ4n) is 8.01. The average molecular weight is 665 g/mol. The van der Waals surface area contributed by atoms with Gasteiger partial charge in [0.05, 0.1) is 25.1 Å². The number of aromatic nitrogens is 2. The smallest absolute Gasteiger partial charge is 0.320 e. The molecule has 4 aliphatic rings. The van der Waals surface area contributed by atoms with Gasteiger partial charge in [0.1, 0.15) is 11.7 Å². The van der Waals surface area contributed by atoms with Crippen LogP contribution in [0, 0.1) is 37.5 Å². The van der Waals surface area contributed by atoms with E-state index >= 15 is 0 Å². The van der Waals surface area contributed by atoms with Gasteiger partial charge in [0.2, 0.25) is 0 Å². The van der Waals surface area contributed by atoms with Gasteiger partial charge in [-0.15, -0.1) is 6.58 Å². The van der Waals surface area contributed by atoms with E-state index in [1.54, 1.807) is 0 Å². The number of aliphatic hydroxyl groups is 1. The van der Waals surface area contributed by atoms with Crippen molar-refractivity contribution >= 4 is 47.6 Å². The Kier molecular flexibility index (Phi) is 9.13. The summed E-state index contributed by atoms with van der Waals surface area (Å²) < 4.78 is 10.8. The van der Waals surface area contributed by atoms with Crippen LogP contribution in [-0.2, 0) is 19.1 Å². The Labute approximate surface area is 287 Å². The number of methoxy groups -OCH3 is 1. The second-order valence-electron chi connectivity index (χ2n) is 13.8. The van der Waals surface area contributed by atoms with Crippen LogP contribution in [0.25, 0.3) is 35.6 Å². The van der Waals surface area contributed by atoms with Gasteiger partial charge in [0.15, 0.2) is 0 Å². The van der Waals surface area contributed by atoms with E-state index in [0.717, 1.165) is 62.0 Å². The summed E-state index contributed by atoms with van der Waals surface area (Å²) in [6.45, 7) is 20.7. The van der Waals surface area contributed by atoms with Crippen molar-refractivity contribution in [1.29, 1.82) is 0 Å². The van der Waals surface area contributed by atoms with Gasteiger partial charge in [-0.1, -0.05) is 38.2 Å². The van der Waals surface area contributed by atoms with Crippen molar-refractivity contribution in [1.82, 2.24) is 20.6 Å². The van der Waals surface area contributed by atoms with Crippen molar-refractivity contribution in [3.8, 4) is 0 Å². The summed E-state index contributed by atoms with van der Waals surface area (Å²) in [4.78, 5) is 33.6. The maximum Gasteiger partial charge on any atom is 0.320 e. The number of allylic oxidation sites excluding steroid dienone is 4. The number of esters is 2. The Bertz CT molecular complexity index is 2020. The average Bonchev–Trinajstić information content (AvgIpc) is 3.80. The molecule has 0 spiro atoms. The van der Waals surface area contributed by atoms with Crippen LogP contribution in [-0.4, -0.2) is 46.8 Å². The third kappa shape index (κ3) is 5.79. The van der Waals surface area contributed by atoms with E-state index in [2.05, 4.69) is 78.8 Å². The Morgan fingerprint density at radius 3 is 2.41 bits per heavy atom. The lowest BCUT2D eigenvalue weighted by atomic mass is 9.80. The number of ether oxygens (including phenoxy) is 2. The van der Waals surface area contributed by atoms with Crippen LogP contribution in [0.5, 0.6) is 0 Å². The lowest BCUT2D eigenvalue weighted by Gasteiger charge is -2.26. The van der Waals surface area contributed by atoms with E-state index in [4.69, 9.17) is 9.47 Å². The fraction of sp³-hybridized carbons (Fsp3) is 0.400.